The molecule has 2 aliphatic rings. The smallest absolute Gasteiger partial charge is 0.00986 e. The average molecular weight is 201 g/mol. The zero-order valence-electron chi connectivity index (χ0n) is 8.70. The summed E-state index contributed by atoms with van der Waals surface area (Å²) in [7, 11) is 0. The molecule has 0 N–H and O–H groups in total. The second-order valence-corrected chi connectivity index (χ2v) is 4.24. The zero-order valence-corrected chi connectivity index (χ0v) is 8.70. The van der Waals surface area contributed by atoms with Crippen LogP contribution in [0, 0.1) is 16.5 Å². The molecule has 0 nitrogen and oxygen atoms in total. The second kappa shape index (κ2) is 2.73. The van der Waals surface area contributed by atoms with Crippen LogP contribution in [0.15, 0.2) is 42.5 Å². The van der Waals surface area contributed by atoms with Crippen LogP contribution in [0.4, 0.5) is 0 Å². The Balaban J connectivity index is 2.31. The van der Waals surface area contributed by atoms with Gasteiger partial charge in [-0.2, -0.15) is 0 Å². The fraction of sp³-hybridized carbons (Fsp3) is 0. The Labute approximate surface area is 93.2 Å². The van der Waals surface area contributed by atoms with Gasteiger partial charge in [0.2, 0.25) is 0 Å². The predicted octanol–water partition coefficient (Wildman–Crippen LogP) is 1.62. The van der Waals surface area contributed by atoms with Crippen molar-refractivity contribution in [1.82, 2.24) is 0 Å². The van der Waals surface area contributed by atoms with E-state index >= 15 is 0 Å². The van der Waals surface area contributed by atoms with Crippen LogP contribution in [0.1, 0.15) is 11.1 Å². The molecule has 2 aromatic rings. The zero-order chi connectivity index (χ0) is 10.5. The van der Waals surface area contributed by atoms with Crippen LogP contribution in [-0.2, 0) is 0 Å². The quantitative estimate of drug-likeness (QED) is 0.518. The van der Waals surface area contributed by atoms with Gasteiger partial charge in [0.15, 0.2) is 0 Å². The molecule has 4 rings (SSSR count). The van der Waals surface area contributed by atoms with Crippen LogP contribution in [0.2, 0.25) is 0 Å². The summed E-state index contributed by atoms with van der Waals surface area (Å²) in [5.74, 6) is 0. The lowest BCUT2D eigenvalue weighted by Gasteiger charge is -1.95. The largest absolute Gasteiger partial charge is 0.0616 e. The minimum Gasteiger partial charge on any atom is -0.0616 e. The third-order valence-corrected chi connectivity index (χ3v) is 3.29. The molecule has 0 heteroatoms. The Hall–Kier alpha value is -2.08. The molecule has 0 unspecified atom stereocenters. The summed E-state index contributed by atoms with van der Waals surface area (Å²) in [5, 5.41) is 5.28. The Bertz CT molecular complexity index is 837. The van der Waals surface area contributed by atoms with E-state index in [0.29, 0.717) is 0 Å². The monoisotopic (exact) mass is 201 g/mol. The van der Waals surface area contributed by atoms with Gasteiger partial charge in [0, 0.05) is 0 Å². The van der Waals surface area contributed by atoms with Crippen LogP contribution in [0.3, 0.4) is 0 Å². The van der Waals surface area contributed by atoms with E-state index in [1.807, 2.05) is 6.08 Å². The molecule has 1 radical (unpaired) electrons. The first-order chi connectivity index (χ1) is 7.92. The molecule has 16 heavy (non-hydrogen) atoms. The number of benzene rings is 2. The van der Waals surface area contributed by atoms with Crippen molar-refractivity contribution in [3.8, 4) is 0 Å². The fourth-order valence-corrected chi connectivity index (χ4v) is 2.51. The maximum Gasteiger partial charge on any atom is -0.00986 e. The van der Waals surface area contributed by atoms with E-state index in [1.54, 1.807) is 0 Å². The lowest BCUT2D eigenvalue weighted by Crippen LogP contribution is -2.02. The van der Waals surface area contributed by atoms with Gasteiger partial charge in [0.05, 0.1) is 0 Å². The topological polar surface area (TPSA) is 0 Å². The van der Waals surface area contributed by atoms with Crippen LogP contribution in [0.5, 0.6) is 0 Å². The standard InChI is InChI=1S/C16H9/c1-2-7-15-13(4-1)9-14-8-11-5-3-6-12(11)10-16(14)15/h1-5,7-10H. The van der Waals surface area contributed by atoms with Gasteiger partial charge >= 0.3 is 0 Å². The number of fused-ring (bicyclic) bond motifs is 3. The number of hydrogen-bond acceptors (Lipinski definition) is 0. The molecule has 2 aliphatic carbocycles. The normalized spacial score (nSPS) is 13.8. The molecule has 2 aromatic carbocycles. The van der Waals surface area contributed by atoms with E-state index in [4.69, 9.17) is 0 Å². The summed E-state index contributed by atoms with van der Waals surface area (Å²) in [5.41, 5.74) is 2.54. The van der Waals surface area contributed by atoms with Gasteiger partial charge in [-0.15, -0.1) is 0 Å². The van der Waals surface area contributed by atoms with Crippen molar-refractivity contribution in [3.63, 3.8) is 0 Å². The van der Waals surface area contributed by atoms with Gasteiger partial charge in [-0.3, -0.25) is 0 Å². The van der Waals surface area contributed by atoms with E-state index in [-0.39, 0.29) is 0 Å². The van der Waals surface area contributed by atoms with Crippen molar-refractivity contribution in [2.45, 2.75) is 0 Å². The lowest BCUT2D eigenvalue weighted by atomic mass is 10.1. The third kappa shape index (κ3) is 0.938. The molecule has 0 saturated heterocycles. The highest BCUT2D eigenvalue weighted by atomic mass is 14.1. The minimum atomic E-state index is 1.21. The van der Waals surface area contributed by atoms with E-state index in [9.17, 15) is 0 Å². The van der Waals surface area contributed by atoms with E-state index in [1.165, 1.54) is 32.0 Å². The van der Waals surface area contributed by atoms with E-state index in [2.05, 4.69) is 54.6 Å². The van der Waals surface area contributed by atoms with E-state index in [0.717, 1.165) is 0 Å². The van der Waals surface area contributed by atoms with Gasteiger partial charge in [-0.1, -0.05) is 36.4 Å². The van der Waals surface area contributed by atoms with E-state index < -0.39 is 0 Å². The minimum absolute atomic E-state index is 1.21. The molecular weight excluding hydrogens is 192 g/mol. The molecule has 0 atom stereocenters. The third-order valence-electron chi connectivity index (χ3n) is 3.29. The highest BCUT2D eigenvalue weighted by Gasteiger charge is 2.05. The first-order valence-electron chi connectivity index (χ1n) is 5.47. The fourth-order valence-electron chi connectivity index (χ4n) is 2.51. The lowest BCUT2D eigenvalue weighted by molar-refractivity contribution is 1.43. The van der Waals surface area contributed by atoms with Crippen molar-refractivity contribution < 1.29 is 0 Å². The molecule has 0 aliphatic heterocycles. The molecule has 0 spiro atoms. The molecule has 0 aromatic heterocycles. The van der Waals surface area contributed by atoms with Gasteiger partial charge < -0.3 is 0 Å². The summed E-state index contributed by atoms with van der Waals surface area (Å²) in [6, 6.07) is 13.0. The first kappa shape index (κ1) is 8.12. The molecular formula is C16H9. The molecule has 73 valence electrons. The maximum atomic E-state index is 3.27. The maximum absolute atomic E-state index is 3.27. The Morgan fingerprint density at radius 1 is 0.875 bits per heavy atom. The van der Waals surface area contributed by atoms with Crippen LogP contribution >= 0.6 is 0 Å². The van der Waals surface area contributed by atoms with Crippen molar-refractivity contribution in [2.75, 3.05) is 0 Å². The van der Waals surface area contributed by atoms with Crippen LogP contribution in [-0.4, -0.2) is 0 Å². The predicted molar refractivity (Wildman–Crippen MR) is 64.8 cm³/mol. The SMILES string of the molecule is [C]1=CC=c2cc3c(cc21)=c1ccccc1=C3. The average Bonchev–Trinajstić information content (AvgIpc) is 2.88. The molecule has 0 amide bonds. The number of allylic oxidation sites excluding steroid dienone is 1. The van der Waals surface area contributed by atoms with Crippen molar-refractivity contribution in [3.05, 3.63) is 80.6 Å². The summed E-state index contributed by atoms with van der Waals surface area (Å²) in [6.45, 7) is 0. The molecule has 0 fully saturated rings. The van der Waals surface area contributed by atoms with Gasteiger partial charge in [-0.25, -0.2) is 0 Å². The summed E-state index contributed by atoms with van der Waals surface area (Å²) in [6.07, 6.45) is 9.64. The van der Waals surface area contributed by atoms with Crippen molar-refractivity contribution in [1.29, 1.82) is 0 Å². The summed E-state index contributed by atoms with van der Waals surface area (Å²) in [4.78, 5) is 0. The van der Waals surface area contributed by atoms with Crippen LogP contribution in [0.25, 0.3) is 12.2 Å². The van der Waals surface area contributed by atoms with Crippen molar-refractivity contribution in [2.24, 2.45) is 0 Å². The molecule has 0 saturated carbocycles. The second-order valence-electron chi connectivity index (χ2n) is 4.24. The highest BCUT2D eigenvalue weighted by Crippen LogP contribution is 2.11. The Kier molecular flexibility index (Phi) is 1.39. The Morgan fingerprint density at radius 2 is 1.81 bits per heavy atom. The van der Waals surface area contributed by atoms with Crippen LogP contribution < -0.4 is 10.4 Å². The highest BCUT2D eigenvalue weighted by molar-refractivity contribution is 5.60. The number of hydrogen-bond donors (Lipinski definition) is 0. The van der Waals surface area contributed by atoms with Gasteiger partial charge in [-0.05, 0) is 56.3 Å². The summed E-state index contributed by atoms with van der Waals surface area (Å²) >= 11 is 0. The number of rotatable bonds is 0. The van der Waals surface area contributed by atoms with Gasteiger partial charge in [0.1, 0.15) is 0 Å². The summed E-state index contributed by atoms with van der Waals surface area (Å²) < 4.78 is 0. The first-order valence-corrected chi connectivity index (χ1v) is 5.47. The Morgan fingerprint density at radius 3 is 2.81 bits per heavy atom. The van der Waals surface area contributed by atoms with Gasteiger partial charge in [0.25, 0.3) is 0 Å². The molecule has 0 bridgehead atoms. The molecule has 0 heterocycles. The van der Waals surface area contributed by atoms with Crippen molar-refractivity contribution >= 4 is 12.2 Å².